The fourth-order valence-electron chi connectivity index (χ4n) is 3.13. The van der Waals surface area contributed by atoms with Crippen molar-refractivity contribution in [3.63, 3.8) is 0 Å². The van der Waals surface area contributed by atoms with Crippen molar-refractivity contribution in [3.8, 4) is 0 Å². The van der Waals surface area contributed by atoms with Crippen molar-refractivity contribution >= 4 is 34.5 Å². The zero-order chi connectivity index (χ0) is 17.4. The number of fused-ring (bicyclic) bond motifs is 2. The van der Waals surface area contributed by atoms with Crippen molar-refractivity contribution in [2.75, 3.05) is 11.4 Å². The second kappa shape index (κ2) is 6.44. The molecule has 6 heteroatoms. The first-order valence-corrected chi connectivity index (χ1v) is 9.16. The third kappa shape index (κ3) is 2.98. The Balaban J connectivity index is 1.69. The number of amides is 1. The van der Waals surface area contributed by atoms with E-state index in [0.29, 0.717) is 22.9 Å². The number of carbonyl (C=O) groups is 1. The van der Waals surface area contributed by atoms with E-state index in [-0.39, 0.29) is 12.5 Å². The van der Waals surface area contributed by atoms with Crippen LogP contribution >= 0.6 is 11.8 Å². The molecule has 1 aromatic heterocycles. The average Bonchev–Trinajstić information content (AvgIpc) is 2.81. The number of hydrogen-bond donors (Lipinski definition) is 0. The molecule has 0 fully saturated rings. The number of oxazole rings is 1. The third-order valence-corrected chi connectivity index (χ3v) is 5.65. The van der Waals surface area contributed by atoms with Gasteiger partial charge in [-0.2, -0.15) is 0 Å². The van der Waals surface area contributed by atoms with Crippen LogP contribution in [0.1, 0.15) is 13.3 Å². The zero-order valence-corrected chi connectivity index (χ0v) is 14.7. The van der Waals surface area contributed by atoms with Crippen LogP contribution in [0.15, 0.2) is 62.6 Å². The van der Waals surface area contributed by atoms with E-state index in [1.165, 1.54) is 4.57 Å². The highest BCUT2D eigenvalue weighted by molar-refractivity contribution is 8.00. The van der Waals surface area contributed by atoms with Gasteiger partial charge in [-0.1, -0.05) is 31.2 Å². The molecule has 0 bridgehead atoms. The van der Waals surface area contributed by atoms with Gasteiger partial charge in [0.1, 0.15) is 6.54 Å². The molecule has 128 valence electrons. The summed E-state index contributed by atoms with van der Waals surface area (Å²) in [5.41, 5.74) is 2.06. The second-order valence-electron chi connectivity index (χ2n) is 6.15. The van der Waals surface area contributed by atoms with Crippen LogP contribution < -0.4 is 10.7 Å². The van der Waals surface area contributed by atoms with Gasteiger partial charge in [0.25, 0.3) is 0 Å². The molecule has 0 saturated carbocycles. The lowest BCUT2D eigenvalue weighted by atomic mass is 10.2. The Morgan fingerprint density at radius 1 is 1.20 bits per heavy atom. The first kappa shape index (κ1) is 16.0. The fourth-order valence-corrected chi connectivity index (χ4v) is 4.24. The van der Waals surface area contributed by atoms with E-state index < -0.39 is 5.76 Å². The molecule has 1 amide bonds. The van der Waals surface area contributed by atoms with Crippen LogP contribution in [0.25, 0.3) is 11.1 Å². The molecule has 25 heavy (non-hydrogen) atoms. The number of nitrogens with zero attached hydrogens (tertiary/aromatic N) is 2. The number of rotatable bonds is 2. The number of aromatic nitrogens is 1. The van der Waals surface area contributed by atoms with E-state index in [0.717, 1.165) is 17.0 Å². The molecule has 5 nitrogen and oxygen atoms in total. The number of benzene rings is 2. The maximum Gasteiger partial charge on any atom is 0.420 e. The molecule has 2 aromatic carbocycles. The molecule has 1 aliphatic heterocycles. The third-order valence-electron chi connectivity index (χ3n) is 4.41. The van der Waals surface area contributed by atoms with E-state index in [2.05, 4.69) is 6.92 Å². The van der Waals surface area contributed by atoms with Crippen LogP contribution in [0.5, 0.6) is 0 Å². The predicted molar refractivity (Wildman–Crippen MR) is 99.2 cm³/mol. The van der Waals surface area contributed by atoms with Gasteiger partial charge < -0.3 is 9.32 Å². The van der Waals surface area contributed by atoms with Crippen LogP contribution in [-0.2, 0) is 11.3 Å². The van der Waals surface area contributed by atoms with Crippen LogP contribution in [-0.4, -0.2) is 22.3 Å². The highest BCUT2D eigenvalue weighted by atomic mass is 32.2. The first-order chi connectivity index (χ1) is 12.1. The van der Waals surface area contributed by atoms with Gasteiger partial charge in [0.05, 0.1) is 11.2 Å². The largest absolute Gasteiger partial charge is 0.420 e. The van der Waals surface area contributed by atoms with Gasteiger partial charge in [-0.3, -0.25) is 9.36 Å². The number of hydrogen-bond acceptors (Lipinski definition) is 4. The van der Waals surface area contributed by atoms with Crippen molar-refractivity contribution < 1.29 is 9.21 Å². The maximum atomic E-state index is 13.0. The smallest absolute Gasteiger partial charge is 0.408 e. The Morgan fingerprint density at radius 3 is 2.84 bits per heavy atom. The van der Waals surface area contributed by atoms with Crippen molar-refractivity contribution in [1.82, 2.24) is 4.57 Å². The Morgan fingerprint density at radius 2 is 1.96 bits per heavy atom. The van der Waals surface area contributed by atoms with Gasteiger partial charge in [-0.25, -0.2) is 4.79 Å². The fraction of sp³-hybridized carbons (Fsp3) is 0.263. The van der Waals surface area contributed by atoms with Crippen LogP contribution in [0.4, 0.5) is 5.69 Å². The normalized spacial score (nSPS) is 17.3. The topological polar surface area (TPSA) is 55.5 Å². The minimum atomic E-state index is -0.500. The van der Waals surface area contributed by atoms with Gasteiger partial charge in [0.2, 0.25) is 5.91 Å². The quantitative estimate of drug-likeness (QED) is 0.707. The van der Waals surface area contributed by atoms with Crippen molar-refractivity contribution in [3.05, 3.63) is 59.1 Å². The van der Waals surface area contributed by atoms with E-state index >= 15 is 0 Å². The molecule has 0 saturated heterocycles. The molecule has 4 rings (SSSR count). The number of anilines is 1. The van der Waals surface area contributed by atoms with E-state index in [9.17, 15) is 9.59 Å². The van der Waals surface area contributed by atoms with Crippen molar-refractivity contribution in [2.24, 2.45) is 0 Å². The molecular formula is C19H18N2O3S. The van der Waals surface area contributed by atoms with Gasteiger partial charge in [0.15, 0.2) is 5.58 Å². The standard InChI is InChI=1S/C19H18N2O3S/c1-13-10-11-20(15-7-3-5-9-17(15)25-13)18(22)12-21-14-6-2-4-8-16(14)24-19(21)23/h2-9,13H,10-12H2,1H3/t13-/m1/s1. The first-order valence-electron chi connectivity index (χ1n) is 8.28. The molecule has 0 radical (unpaired) electrons. The summed E-state index contributed by atoms with van der Waals surface area (Å²) in [6.45, 7) is 2.79. The summed E-state index contributed by atoms with van der Waals surface area (Å²) in [5.74, 6) is -0.601. The Labute approximate surface area is 149 Å². The molecule has 1 atom stereocenters. The van der Waals surface area contributed by atoms with Gasteiger partial charge >= 0.3 is 5.76 Å². The van der Waals surface area contributed by atoms with E-state index in [1.807, 2.05) is 30.3 Å². The van der Waals surface area contributed by atoms with Crippen molar-refractivity contribution in [2.45, 2.75) is 30.0 Å². The zero-order valence-electron chi connectivity index (χ0n) is 13.8. The summed E-state index contributed by atoms with van der Waals surface area (Å²) in [4.78, 5) is 28.0. The summed E-state index contributed by atoms with van der Waals surface area (Å²) in [5, 5.41) is 0.441. The van der Waals surface area contributed by atoms with Crippen LogP contribution in [0, 0.1) is 0 Å². The van der Waals surface area contributed by atoms with Crippen LogP contribution in [0.3, 0.4) is 0 Å². The summed E-state index contributed by atoms with van der Waals surface area (Å²) >= 11 is 1.79. The minimum Gasteiger partial charge on any atom is -0.408 e. The average molecular weight is 354 g/mol. The Hall–Kier alpha value is -2.47. The second-order valence-corrected chi connectivity index (χ2v) is 7.63. The minimum absolute atomic E-state index is 0.0246. The van der Waals surface area contributed by atoms with Gasteiger partial charge in [-0.15, -0.1) is 11.8 Å². The van der Waals surface area contributed by atoms with E-state index in [1.54, 1.807) is 34.9 Å². The lowest BCUT2D eigenvalue weighted by molar-refractivity contribution is -0.119. The lowest BCUT2D eigenvalue weighted by Crippen LogP contribution is -2.36. The van der Waals surface area contributed by atoms with Crippen LogP contribution in [0.2, 0.25) is 0 Å². The Kier molecular flexibility index (Phi) is 4.13. The monoisotopic (exact) mass is 354 g/mol. The molecule has 0 N–H and O–H groups in total. The number of para-hydroxylation sites is 3. The number of thioether (sulfide) groups is 1. The van der Waals surface area contributed by atoms with Gasteiger partial charge in [-0.05, 0) is 30.7 Å². The summed E-state index contributed by atoms with van der Waals surface area (Å²) in [7, 11) is 0. The molecule has 1 aliphatic rings. The predicted octanol–water partition coefficient (Wildman–Crippen LogP) is 3.51. The summed E-state index contributed by atoms with van der Waals surface area (Å²) in [6.07, 6.45) is 0.909. The molecule has 0 spiro atoms. The molecule has 0 unspecified atom stereocenters. The molecule has 0 aliphatic carbocycles. The summed E-state index contributed by atoms with van der Waals surface area (Å²) < 4.78 is 6.64. The summed E-state index contributed by atoms with van der Waals surface area (Å²) in [6, 6.07) is 15.1. The van der Waals surface area contributed by atoms with E-state index in [4.69, 9.17) is 4.42 Å². The highest BCUT2D eigenvalue weighted by Gasteiger charge is 2.25. The molecule has 2 heterocycles. The molecule has 3 aromatic rings. The maximum absolute atomic E-state index is 13.0. The lowest BCUT2D eigenvalue weighted by Gasteiger charge is -2.22. The SMILES string of the molecule is C[C@@H]1CCN(C(=O)Cn2c(=O)oc3ccccc32)c2ccccc2S1. The highest BCUT2D eigenvalue weighted by Crippen LogP contribution is 2.37. The van der Waals surface area contributed by atoms with Gasteiger partial charge in [0, 0.05) is 16.7 Å². The number of carbonyl (C=O) groups excluding carboxylic acids is 1. The molecular weight excluding hydrogens is 336 g/mol. The Bertz CT molecular complexity index is 991. The van der Waals surface area contributed by atoms with Crippen molar-refractivity contribution in [1.29, 1.82) is 0 Å².